The summed E-state index contributed by atoms with van der Waals surface area (Å²) in [6, 6.07) is 5.20. The Balaban J connectivity index is 2.81. The summed E-state index contributed by atoms with van der Waals surface area (Å²) in [7, 11) is -2.13. The van der Waals surface area contributed by atoms with E-state index in [9.17, 15) is 8.42 Å². The maximum absolute atomic E-state index is 11.7. The number of rotatable bonds is 4. The summed E-state index contributed by atoms with van der Waals surface area (Å²) in [6.07, 6.45) is 0. The molecule has 0 bridgehead atoms. The van der Waals surface area contributed by atoms with E-state index in [1.807, 2.05) is 0 Å². The molecule has 0 aromatic carbocycles. The first-order chi connectivity index (χ1) is 7.37. The van der Waals surface area contributed by atoms with Crippen molar-refractivity contribution in [3.8, 4) is 6.07 Å². The molecule has 0 spiro atoms. The van der Waals surface area contributed by atoms with Crippen LogP contribution < -0.4 is 0 Å². The van der Waals surface area contributed by atoms with Crippen molar-refractivity contribution < 1.29 is 12.8 Å². The van der Waals surface area contributed by atoms with Gasteiger partial charge in [0, 0.05) is 7.05 Å². The van der Waals surface area contributed by atoms with Crippen molar-refractivity contribution in [3.05, 3.63) is 23.7 Å². The Morgan fingerprint density at radius 2 is 2.19 bits per heavy atom. The van der Waals surface area contributed by atoms with Gasteiger partial charge in [0.1, 0.15) is 11.5 Å². The van der Waals surface area contributed by atoms with Crippen LogP contribution in [-0.2, 0) is 16.6 Å². The highest BCUT2D eigenvalue weighted by molar-refractivity contribution is 7.89. The van der Waals surface area contributed by atoms with E-state index in [0.29, 0.717) is 5.76 Å². The van der Waals surface area contributed by atoms with Crippen LogP contribution in [0, 0.1) is 18.3 Å². The minimum atomic E-state index is -3.57. The minimum Gasteiger partial charge on any atom is -0.465 e. The second-order valence-corrected chi connectivity index (χ2v) is 5.95. The van der Waals surface area contributed by atoms with Crippen molar-refractivity contribution in [2.24, 2.45) is 0 Å². The first-order valence-electron chi connectivity index (χ1n) is 4.78. The summed E-state index contributed by atoms with van der Waals surface area (Å²) in [6.45, 7) is 3.29. The van der Waals surface area contributed by atoms with E-state index in [4.69, 9.17) is 9.68 Å². The highest BCUT2D eigenvalue weighted by atomic mass is 32.2. The quantitative estimate of drug-likeness (QED) is 0.796. The summed E-state index contributed by atoms with van der Waals surface area (Å²) in [5, 5.41) is 7.56. The van der Waals surface area contributed by atoms with Crippen LogP contribution in [0.1, 0.15) is 18.4 Å². The standard InChI is InChI=1S/C10H14N2O3S/c1-8-4-5-10(15-8)7-12(3)16(13,14)9(2)6-11/h4-5,9H,7H2,1-3H3. The third-order valence-electron chi connectivity index (χ3n) is 2.24. The lowest BCUT2D eigenvalue weighted by Crippen LogP contribution is -2.33. The number of furan rings is 1. The van der Waals surface area contributed by atoms with Gasteiger partial charge in [-0.15, -0.1) is 0 Å². The Morgan fingerprint density at radius 1 is 1.56 bits per heavy atom. The van der Waals surface area contributed by atoms with Crippen LogP contribution >= 0.6 is 0 Å². The first kappa shape index (κ1) is 12.7. The van der Waals surface area contributed by atoms with Gasteiger partial charge in [0.25, 0.3) is 0 Å². The molecular formula is C10H14N2O3S. The molecular weight excluding hydrogens is 228 g/mol. The fraction of sp³-hybridized carbons (Fsp3) is 0.500. The largest absolute Gasteiger partial charge is 0.465 e. The highest BCUT2D eigenvalue weighted by Gasteiger charge is 2.26. The summed E-state index contributed by atoms with van der Waals surface area (Å²) in [4.78, 5) is 0. The Labute approximate surface area is 95.3 Å². The van der Waals surface area contributed by atoms with Gasteiger partial charge in [-0.3, -0.25) is 0 Å². The van der Waals surface area contributed by atoms with Crippen molar-refractivity contribution in [1.29, 1.82) is 5.26 Å². The van der Waals surface area contributed by atoms with Gasteiger partial charge >= 0.3 is 0 Å². The summed E-state index contributed by atoms with van der Waals surface area (Å²) in [5.74, 6) is 1.29. The van der Waals surface area contributed by atoms with Crippen LogP contribution in [0.5, 0.6) is 0 Å². The third-order valence-corrected chi connectivity index (χ3v) is 4.23. The number of nitriles is 1. The predicted octanol–water partition coefficient (Wildman–Crippen LogP) is 1.26. The fourth-order valence-electron chi connectivity index (χ4n) is 1.22. The molecule has 0 saturated carbocycles. The van der Waals surface area contributed by atoms with Crippen LogP contribution in [0.15, 0.2) is 16.5 Å². The van der Waals surface area contributed by atoms with E-state index in [-0.39, 0.29) is 6.54 Å². The normalized spacial score (nSPS) is 13.7. The third kappa shape index (κ3) is 2.62. The zero-order chi connectivity index (χ0) is 12.3. The molecule has 5 nitrogen and oxygen atoms in total. The number of aryl methyl sites for hydroxylation is 1. The number of sulfonamides is 1. The van der Waals surface area contributed by atoms with E-state index in [0.717, 1.165) is 10.1 Å². The molecule has 0 radical (unpaired) electrons. The molecule has 0 amide bonds. The van der Waals surface area contributed by atoms with Crippen molar-refractivity contribution in [2.75, 3.05) is 7.05 Å². The molecule has 0 saturated heterocycles. The molecule has 0 aliphatic heterocycles. The van der Waals surface area contributed by atoms with Gasteiger partial charge in [0.15, 0.2) is 5.25 Å². The lowest BCUT2D eigenvalue weighted by atomic mass is 10.4. The Bertz CT molecular complexity index is 498. The molecule has 6 heteroatoms. The number of hydrogen-bond donors (Lipinski definition) is 0. The highest BCUT2D eigenvalue weighted by Crippen LogP contribution is 2.13. The van der Waals surface area contributed by atoms with Gasteiger partial charge in [-0.25, -0.2) is 8.42 Å². The second kappa shape index (κ2) is 4.68. The zero-order valence-electron chi connectivity index (χ0n) is 9.47. The first-order valence-corrected chi connectivity index (χ1v) is 6.28. The molecule has 1 rings (SSSR count). The molecule has 0 aliphatic rings. The van der Waals surface area contributed by atoms with E-state index in [1.54, 1.807) is 25.1 Å². The van der Waals surface area contributed by atoms with Gasteiger partial charge in [0.05, 0.1) is 12.6 Å². The van der Waals surface area contributed by atoms with E-state index in [2.05, 4.69) is 0 Å². The zero-order valence-corrected chi connectivity index (χ0v) is 10.3. The summed E-state index contributed by atoms with van der Waals surface area (Å²) in [5.41, 5.74) is 0. The molecule has 1 heterocycles. The van der Waals surface area contributed by atoms with Crippen molar-refractivity contribution in [3.63, 3.8) is 0 Å². The lowest BCUT2D eigenvalue weighted by Gasteiger charge is -2.16. The molecule has 0 aliphatic carbocycles. The molecule has 1 atom stereocenters. The van der Waals surface area contributed by atoms with Crippen LogP contribution in [0.3, 0.4) is 0 Å². The topological polar surface area (TPSA) is 74.3 Å². The molecule has 16 heavy (non-hydrogen) atoms. The smallest absolute Gasteiger partial charge is 0.230 e. The second-order valence-electron chi connectivity index (χ2n) is 3.58. The SMILES string of the molecule is Cc1ccc(CN(C)S(=O)(=O)C(C)C#N)o1. The lowest BCUT2D eigenvalue weighted by molar-refractivity contribution is 0.396. The average Bonchev–Trinajstić information content (AvgIpc) is 2.62. The molecule has 0 N–H and O–H groups in total. The summed E-state index contributed by atoms with van der Waals surface area (Å²) < 4.78 is 29.9. The Kier molecular flexibility index (Phi) is 3.73. The van der Waals surface area contributed by atoms with E-state index in [1.165, 1.54) is 14.0 Å². The van der Waals surface area contributed by atoms with Crippen LogP contribution in [0.25, 0.3) is 0 Å². The Morgan fingerprint density at radius 3 is 2.62 bits per heavy atom. The maximum atomic E-state index is 11.7. The molecule has 1 aromatic rings. The fourth-order valence-corrected chi connectivity index (χ4v) is 2.20. The van der Waals surface area contributed by atoms with Gasteiger partial charge in [0.2, 0.25) is 10.0 Å². The van der Waals surface area contributed by atoms with Crippen LogP contribution in [0.2, 0.25) is 0 Å². The monoisotopic (exact) mass is 242 g/mol. The van der Waals surface area contributed by atoms with Gasteiger partial charge < -0.3 is 4.42 Å². The van der Waals surface area contributed by atoms with Gasteiger partial charge in [-0.2, -0.15) is 9.57 Å². The predicted molar refractivity (Wildman–Crippen MR) is 58.9 cm³/mol. The van der Waals surface area contributed by atoms with Gasteiger partial charge in [-0.1, -0.05) is 0 Å². The number of hydrogen-bond acceptors (Lipinski definition) is 4. The van der Waals surface area contributed by atoms with Crippen molar-refractivity contribution in [1.82, 2.24) is 4.31 Å². The molecule has 1 unspecified atom stereocenters. The molecule has 1 aromatic heterocycles. The average molecular weight is 242 g/mol. The van der Waals surface area contributed by atoms with E-state index >= 15 is 0 Å². The molecule has 0 fully saturated rings. The van der Waals surface area contributed by atoms with Gasteiger partial charge in [-0.05, 0) is 26.0 Å². The minimum absolute atomic E-state index is 0.141. The van der Waals surface area contributed by atoms with Crippen LogP contribution in [0.4, 0.5) is 0 Å². The van der Waals surface area contributed by atoms with Crippen LogP contribution in [-0.4, -0.2) is 25.0 Å². The molecule has 88 valence electrons. The Hall–Kier alpha value is -1.32. The summed E-state index contributed by atoms with van der Waals surface area (Å²) >= 11 is 0. The van der Waals surface area contributed by atoms with Crippen molar-refractivity contribution in [2.45, 2.75) is 25.6 Å². The maximum Gasteiger partial charge on any atom is 0.230 e. The van der Waals surface area contributed by atoms with E-state index < -0.39 is 15.3 Å². The number of nitrogens with zero attached hydrogens (tertiary/aromatic N) is 2. The van der Waals surface area contributed by atoms with Crippen molar-refractivity contribution >= 4 is 10.0 Å².